The van der Waals surface area contributed by atoms with Crippen LogP contribution < -0.4 is 5.32 Å². The number of ether oxygens (including phenoxy) is 1. The van der Waals surface area contributed by atoms with Crippen LogP contribution in [0.15, 0.2) is 24.7 Å². The Morgan fingerprint density at radius 1 is 1.28 bits per heavy atom. The van der Waals surface area contributed by atoms with Crippen molar-refractivity contribution >= 4 is 16.9 Å². The highest BCUT2D eigenvalue weighted by atomic mass is 16.5. The van der Waals surface area contributed by atoms with Crippen molar-refractivity contribution in [2.75, 3.05) is 18.5 Å². The van der Waals surface area contributed by atoms with Crippen molar-refractivity contribution in [3.05, 3.63) is 24.7 Å². The zero-order valence-electron chi connectivity index (χ0n) is 10.8. The number of aromatic nitrogens is 3. The molecule has 96 valence electrons. The zero-order chi connectivity index (χ0) is 12.8. The fraction of sp³-hybridized carbons (Fsp3) is 0.462. The third-order valence-electron chi connectivity index (χ3n) is 2.47. The Hall–Kier alpha value is -1.75. The van der Waals surface area contributed by atoms with Crippen molar-refractivity contribution in [1.29, 1.82) is 0 Å². The van der Waals surface area contributed by atoms with Gasteiger partial charge in [0.1, 0.15) is 12.1 Å². The van der Waals surface area contributed by atoms with E-state index in [0.717, 1.165) is 30.8 Å². The summed E-state index contributed by atoms with van der Waals surface area (Å²) in [6.07, 6.45) is 4.50. The Kier molecular flexibility index (Phi) is 4.41. The van der Waals surface area contributed by atoms with E-state index in [1.165, 1.54) is 6.33 Å². The average Bonchev–Trinajstić information content (AvgIpc) is 2.38. The van der Waals surface area contributed by atoms with E-state index in [9.17, 15) is 0 Å². The van der Waals surface area contributed by atoms with Crippen LogP contribution >= 0.6 is 0 Å². The lowest BCUT2D eigenvalue weighted by Gasteiger charge is -2.09. The molecule has 0 saturated heterocycles. The Morgan fingerprint density at radius 3 is 3.00 bits per heavy atom. The lowest BCUT2D eigenvalue weighted by Crippen LogP contribution is -2.10. The number of pyridine rings is 1. The Morgan fingerprint density at radius 2 is 2.17 bits per heavy atom. The Bertz CT molecular complexity index is 496. The average molecular weight is 246 g/mol. The number of hydrogen-bond acceptors (Lipinski definition) is 5. The summed E-state index contributed by atoms with van der Waals surface area (Å²) in [5.74, 6) is 0.831. The van der Waals surface area contributed by atoms with Crippen molar-refractivity contribution < 1.29 is 4.74 Å². The number of hydrogen-bond donors (Lipinski definition) is 1. The van der Waals surface area contributed by atoms with Gasteiger partial charge < -0.3 is 10.1 Å². The number of nitrogens with one attached hydrogen (secondary N) is 1. The van der Waals surface area contributed by atoms with Gasteiger partial charge in [0.15, 0.2) is 5.65 Å². The number of nitrogens with zero attached hydrogens (tertiary/aromatic N) is 3. The lowest BCUT2D eigenvalue weighted by molar-refractivity contribution is 0.0787. The molecule has 0 bridgehead atoms. The predicted octanol–water partition coefficient (Wildman–Crippen LogP) is 2.25. The van der Waals surface area contributed by atoms with E-state index in [1.54, 1.807) is 6.20 Å². The highest BCUT2D eigenvalue weighted by Gasteiger charge is 2.02. The quantitative estimate of drug-likeness (QED) is 0.792. The monoisotopic (exact) mass is 246 g/mol. The van der Waals surface area contributed by atoms with Gasteiger partial charge in [-0.3, -0.25) is 0 Å². The van der Waals surface area contributed by atoms with Gasteiger partial charge in [0.25, 0.3) is 0 Å². The fourth-order valence-corrected chi connectivity index (χ4v) is 1.63. The molecule has 2 heterocycles. The van der Waals surface area contributed by atoms with Crippen LogP contribution in [0.25, 0.3) is 11.0 Å². The van der Waals surface area contributed by atoms with Crippen LogP contribution in [-0.2, 0) is 4.74 Å². The summed E-state index contributed by atoms with van der Waals surface area (Å²) in [6, 6.07) is 3.86. The number of rotatable bonds is 6. The van der Waals surface area contributed by atoms with Crippen molar-refractivity contribution in [2.24, 2.45) is 0 Å². The van der Waals surface area contributed by atoms with Crippen LogP contribution in [0.5, 0.6) is 0 Å². The van der Waals surface area contributed by atoms with E-state index in [4.69, 9.17) is 4.74 Å². The van der Waals surface area contributed by atoms with E-state index in [1.807, 2.05) is 26.0 Å². The molecular formula is C13H18N4O. The van der Waals surface area contributed by atoms with E-state index in [2.05, 4.69) is 20.3 Å². The molecule has 2 rings (SSSR count). The summed E-state index contributed by atoms with van der Waals surface area (Å²) in [5.41, 5.74) is 0.716. The van der Waals surface area contributed by atoms with Crippen molar-refractivity contribution in [3.8, 4) is 0 Å². The molecule has 0 unspecified atom stereocenters. The molecule has 5 heteroatoms. The second kappa shape index (κ2) is 6.26. The molecule has 5 nitrogen and oxygen atoms in total. The first-order valence-electron chi connectivity index (χ1n) is 6.18. The maximum atomic E-state index is 5.48. The summed E-state index contributed by atoms with van der Waals surface area (Å²) < 4.78 is 5.48. The second-order valence-electron chi connectivity index (χ2n) is 4.30. The van der Waals surface area contributed by atoms with Gasteiger partial charge in [-0.2, -0.15) is 0 Å². The molecule has 0 aliphatic heterocycles. The van der Waals surface area contributed by atoms with Crippen molar-refractivity contribution in [1.82, 2.24) is 15.0 Å². The molecular weight excluding hydrogens is 228 g/mol. The molecule has 0 aliphatic rings. The van der Waals surface area contributed by atoms with Gasteiger partial charge >= 0.3 is 0 Å². The van der Waals surface area contributed by atoms with Gasteiger partial charge in [0.2, 0.25) is 0 Å². The topological polar surface area (TPSA) is 59.9 Å². The summed E-state index contributed by atoms with van der Waals surface area (Å²) >= 11 is 0. The number of anilines is 1. The Balaban J connectivity index is 1.91. The molecule has 2 aromatic rings. The zero-order valence-corrected chi connectivity index (χ0v) is 10.8. The minimum absolute atomic E-state index is 0.286. The minimum atomic E-state index is 0.286. The maximum Gasteiger partial charge on any atom is 0.164 e. The molecule has 0 fully saturated rings. The van der Waals surface area contributed by atoms with Crippen LogP contribution in [-0.4, -0.2) is 34.2 Å². The first-order valence-corrected chi connectivity index (χ1v) is 6.18. The molecule has 1 N–H and O–H groups in total. The molecule has 0 saturated carbocycles. The smallest absolute Gasteiger partial charge is 0.164 e. The predicted molar refractivity (Wildman–Crippen MR) is 71.5 cm³/mol. The molecule has 0 aromatic carbocycles. The van der Waals surface area contributed by atoms with Crippen LogP contribution in [0.3, 0.4) is 0 Å². The van der Waals surface area contributed by atoms with Crippen LogP contribution in [0.4, 0.5) is 5.82 Å². The third-order valence-corrected chi connectivity index (χ3v) is 2.47. The second-order valence-corrected chi connectivity index (χ2v) is 4.30. The Labute approximate surface area is 107 Å². The van der Waals surface area contributed by atoms with E-state index >= 15 is 0 Å². The molecule has 0 spiro atoms. The van der Waals surface area contributed by atoms with Gasteiger partial charge in [-0.25, -0.2) is 15.0 Å². The standard InChI is InChI=1S/C13H18N4O/c1-10(2)18-8-4-7-15-13-11-5-3-6-14-12(11)16-9-17-13/h3,5-6,9-10H,4,7-8H2,1-2H3,(H,14,15,16,17). The number of fused-ring (bicyclic) bond motifs is 1. The highest BCUT2D eigenvalue weighted by Crippen LogP contribution is 2.16. The van der Waals surface area contributed by atoms with Crippen molar-refractivity contribution in [2.45, 2.75) is 26.4 Å². The summed E-state index contributed by atoms with van der Waals surface area (Å²) in [6.45, 7) is 5.66. The highest BCUT2D eigenvalue weighted by molar-refractivity contribution is 5.85. The third kappa shape index (κ3) is 3.37. The van der Waals surface area contributed by atoms with Gasteiger partial charge in [0.05, 0.1) is 11.5 Å². The van der Waals surface area contributed by atoms with Gasteiger partial charge in [-0.15, -0.1) is 0 Å². The summed E-state index contributed by atoms with van der Waals surface area (Å²) in [7, 11) is 0. The van der Waals surface area contributed by atoms with Crippen LogP contribution in [0.2, 0.25) is 0 Å². The fourth-order valence-electron chi connectivity index (χ4n) is 1.63. The summed E-state index contributed by atoms with van der Waals surface area (Å²) in [4.78, 5) is 12.6. The van der Waals surface area contributed by atoms with Crippen molar-refractivity contribution in [3.63, 3.8) is 0 Å². The molecule has 0 atom stereocenters. The summed E-state index contributed by atoms with van der Waals surface area (Å²) in [5, 5.41) is 4.24. The molecule has 0 aliphatic carbocycles. The maximum absolute atomic E-state index is 5.48. The molecule has 0 amide bonds. The van der Waals surface area contributed by atoms with Crippen LogP contribution in [0.1, 0.15) is 20.3 Å². The largest absolute Gasteiger partial charge is 0.379 e. The van der Waals surface area contributed by atoms with E-state index in [0.29, 0.717) is 5.65 Å². The van der Waals surface area contributed by atoms with Gasteiger partial charge in [-0.1, -0.05) is 0 Å². The first-order chi connectivity index (χ1) is 8.77. The molecule has 2 aromatic heterocycles. The first kappa shape index (κ1) is 12.7. The lowest BCUT2D eigenvalue weighted by atomic mass is 10.3. The normalized spacial score (nSPS) is 11.1. The molecule has 18 heavy (non-hydrogen) atoms. The molecule has 0 radical (unpaired) electrons. The van der Waals surface area contributed by atoms with E-state index in [-0.39, 0.29) is 6.10 Å². The van der Waals surface area contributed by atoms with Gasteiger partial charge in [0, 0.05) is 19.3 Å². The SMILES string of the molecule is CC(C)OCCCNc1ncnc2ncccc12. The minimum Gasteiger partial charge on any atom is -0.379 e. The van der Waals surface area contributed by atoms with Gasteiger partial charge in [-0.05, 0) is 32.4 Å². The van der Waals surface area contributed by atoms with Crippen LogP contribution in [0, 0.1) is 0 Å². The van der Waals surface area contributed by atoms with E-state index < -0.39 is 0 Å².